The molecule has 0 spiro atoms. The summed E-state index contributed by atoms with van der Waals surface area (Å²) < 4.78 is 16.9. The van der Waals surface area contributed by atoms with Crippen molar-refractivity contribution in [3.63, 3.8) is 0 Å². The van der Waals surface area contributed by atoms with Gasteiger partial charge in [0.1, 0.15) is 6.10 Å². The number of carbonyl (C=O) groups excluding carboxylic acids is 1. The first kappa shape index (κ1) is 19.8. The Kier molecular flexibility index (Phi) is 5.50. The van der Waals surface area contributed by atoms with Gasteiger partial charge in [-0.15, -0.1) is 0 Å². The van der Waals surface area contributed by atoms with Crippen LogP contribution in [0.3, 0.4) is 0 Å². The minimum Gasteiger partial charge on any atom is -0.493 e. The van der Waals surface area contributed by atoms with E-state index in [9.17, 15) is 4.79 Å². The molecule has 5 nitrogen and oxygen atoms in total. The van der Waals surface area contributed by atoms with Gasteiger partial charge in [0.25, 0.3) is 0 Å². The number of hydrogen-bond donors (Lipinski definition) is 0. The predicted molar refractivity (Wildman–Crippen MR) is 112 cm³/mol. The molecule has 4 rings (SSSR count). The van der Waals surface area contributed by atoms with Crippen LogP contribution in [0.2, 0.25) is 0 Å². The fraction of sp³-hybridized carbons (Fsp3) is 0.458. The third kappa shape index (κ3) is 3.60. The summed E-state index contributed by atoms with van der Waals surface area (Å²) in [5.41, 5.74) is 1.96. The summed E-state index contributed by atoms with van der Waals surface area (Å²) in [6, 6.07) is 15.9. The van der Waals surface area contributed by atoms with Gasteiger partial charge in [0.15, 0.2) is 11.5 Å². The van der Waals surface area contributed by atoms with Crippen molar-refractivity contribution in [3.05, 3.63) is 59.7 Å². The molecule has 0 N–H and O–H groups in total. The minimum atomic E-state index is -0.227. The van der Waals surface area contributed by atoms with Crippen LogP contribution in [-0.2, 0) is 10.2 Å². The first-order valence-corrected chi connectivity index (χ1v) is 10.3. The molecular formula is C24H29NO4. The average Bonchev–Trinajstić information content (AvgIpc) is 3.11. The maximum Gasteiger partial charge on any atom is 0.338 e. The summed E-state index contributed by atoms with van der Waals surface area (Å²) in [7, 11) is 5.51. The Hall–Kier alpha value is -2.53. The molecule has 0 radical (unpaired) electrons. The van der Waals surface area contributed by atoms with E-state index in [0.29, 0.717) is 11.6 Å². The Labute approximate surface area is 172 Å². The highest BCUT2D eigenvalue weighted by Gasteiger charge is 2.51. The van der Waals surface area contributed by atoms with E-state index in [4.69, 9.17) is 14.2 Å². The van der Waals surface area contributed by atoms with E-state index in [1.54, 1.807) is 26.4 Å². The number of nitrogens with zero attached hydrogens (tertiary/aromatic N) is 1. The Morgan fingerprint density at radius 3 is 2.52 bits per heavy atom. The van der Waals surface area contributed by atoms with Gasteiger partial charge >= 0.3 is 5.97 Å². The zero-order valence-corrected chi connectivity index (χ0v) is 17.4. The number of methoxy groups -OCH3 is 2. The summed E-state index contributed by atoms with van der Waals surface area (Å²) in [6.45, 7) is 1.04. The number of benzene rings is 2. The van der Waals surface area contributed by atoms with E-state index in [2.05, 4.69) is 24.1 Å². The van der Waals surface area contributed by atoms with Crippen molar-refractivity contribution in [1.29, 1.82) is 0 Å². The van der Waals surface area contributed by atoms with Crippen LogP contribution in [-0.4, -0.2) is 50.8 Å². The van der Waals surface area contributed by atoms with Crippen LogP contribution in [0.4, 0.5) is 0 Å². The molecule has 2 aromatic carbocycles. The molecule has 1 saturated heterocycles. The summed E-state index contributed by atoms with van der Waals surface area (Å²) in [5.74, 6) is 1.29. The Morgan fingerprint density at radius 1 is 1.03 bits per heavy atom. The maximum atomic E-state index is 12.5. The van der Waals surface area contributed by atoms with Crippen LogP contribution in [0, 0.1) is 0 Å². The van der Waals surface area contributed by atoms with Crippen LogP contribution in [0.5, 0.6) is 11.5 Å². The molecule has 1 aliphatic heterocycles. The average molecular weight is 395 g/mol. The third-order valence-corrected chi connectivity index (χ3v) is 6.72. The summed E-state index contributed by atoms with van der Waals surface area (Å²) >= 11 is 0. The first-order valence-electron chi connectivity index (χ1n) is 10.3. The highest BCUT2D eigenvalue weighted by molar-refractivity contribution is 5.89. The Morgan fingerprint density at radius 2 is 1.79 bits per heavy atom. The van der Waals surface area contributed by atoms with E-state index in [1.807, 2.05) is 24.3 Å². The second-order valence-electron chi connectivity index (χ2n) is 8.14. The zero-order chi connectivity index (χ0) is 20.4. The quantitative estimate of drug-likeness (QED) is 0.715. The fourth-order valence-corrected chi connectivity index (χ4v) is 5.13. The molecule has 2 aromatic rings. The fourth-order valence-electron chi connectivity index (χ4n) is 5.13. The van der Waals surface area contributed by atoms with Gasteiger partial charge in [0.05, 0.1) is 19.8 Å². The van der Waals surface area contributed by atoms with Crippen LogP contribution in [0.1, 0.15) is 41.6 Å². The van der Waals surface area contributed by atoms with E-state index in [-0.39, 0.29) is 17.5 Å². The highest BCUT2D eigenvalue weighted by atomic mass is 16.5. The number of likely N-dealkylation sites (tertiary alicyclic amines) is 1. The van der Waals surface area contributed by atoms with Crippen molar-refractivity contribution in [1.82, 2.24) is 4.90 Å². The minimum absolute atomic E-state index is 0.0541. The Balaban J connectivity index is 1.55. The number of carbonyl (C=O) groups is 1. The topological polar surface area (TPSA) is 48.0 Å². The monoisotopic (exact) mass is 395 g/mol. The highest BCUT2D eigenvalue weighted by Crippen LogP contribution is 2.50. The van der Waals surface area contributed by atoms with E-state index >= 15 is 0 Å². The molecule has 0 bridgehead atoms. The molecule has 5 heteroatoms. The molecule has 3 atom stereocenters. The van der Waals surface area contributed by atoms with Gasteiger partial charge in [-0.25, -0.2) is 4.79 Å². The first-order chi connectivity index (χ1) is 14.1. The van der Waals surface area contributed by atoms with E-state index in [0.717, 1.165) is 43.7 Å². The van der Waals surface area contributed by atoms with Gasteiger partial charge in [-0.1, -0.05) is 24.3 Å². The summed E-state index contributed by atoms with van der Waals surface area (Å²) in [5, 5.41) is 0. The lowest BCUT2D eigenvalue weighted by molar-refractivity contribution is 0.00229. The normalized spacial score (nSPS) is 26.6. The van der Waals surface area contributed by atoms with Gasteiger partial charge in [0, 0.05) is 17.9 Å². The lowest BCUT2D eigenvalue weighted by Gasteiger charge is -2.44. The number of esters is 1. The number of likely N-dealkylation sites (N-methyl/N-ethyl adjacent to an activating group) is 1. The largest absolute Gasteiger partial charge is 0.493 e. The van der Waals surface area contributed by atoms with Crippen LogP contribution in [0.25, 0.3) is 0 Å². The number of hydrogen-bond acceptors (Lipinski definition) is 5. The van der Waals surface area contributed by atoms with Crippen molar-refractivity contribution < 1.29 is 19.0 Å². The third-order valence-electron chi connectivity index (χ3n) is 6.72. The summed E-state index contributed by atoms with van der Waals surface area (Å²) in [4.78, 5) is 14.9. The lowest BCUT2D eigenvalue weighted by atomic mass is 9.65. The molecule has 0 unspecified atom stereocenters. The van der Waals surface area contributed by atoms with Crippen molar-refractivity contribution in [3.8, 4) is 11.5 Å². The van der Waals surface area contributed by atoms with Crippen LogP contribution < -0.4 is 9.47 Å². The van der Waals surface area contributed by atoms with E-state index < -0.39 is 0 Å². The molecule has 2 aliphatic rings. The lowest BCUT2D eigenvalue weighted by Crippen LogP contribution is -2.48. The molecule has 154 valence electrons. The second kappa shape index (κ2) is 8.07. The Bertz CT molecular complexity index is 868. The molecule has 0 aromatic heterocycles. The van der Waals surface area contributed by atoms with Crippen LogP contribution >= 0.6 is 0 Å². The molecular weight excluding hydrogens is 366 g/mol. The second-order valence-corrected chi connectivity index (χ2v) is 8.14. The maximum absolute atomic E-state index is 12.5. The standard InChI is InChI=1S/C24H29NO4/c1-25-14-13-24(18-9-10-20(27-2)21(15-18)28-3)12-11-19(16-22(24)25)29-23(26)17-7-5-4-6-8-17/h4-10,15,19,22H,11-14,16H2,1-3H3/t19-,22-,24-/m0/s1. The van der Waals surface area contributed by atoms with Crippen molar-refractivity contribution in [2.75, 3.05) is 27.8 Å². The molecule has 1 heterocycles. The molecule has 0 amide bonds. The molecule has 1 aliphatic carbocycles. The smallest absolute Gasteiger partial charge is 0.338 e. The van der Waals surface area contributed by atoms with Gasteiger partial charge in [-0.05, 0) is 62.7 Å². The summed E-state index contributed by atoms with van der Waals surface area (Å²) in [6.07, 6.45) is 3.76. The number of ether oxygens (including phenoxy) is 3. The van der Waals surface area contributed by atoms with Gasteiger partial charge < -0.3 is 19.1 Å². The number of rotatable bonds is 5. The van der Waals surface area contributed by atoms with Crippen molar-refractivity contribution >= 4 is 5.97 Å². The van der Waals surface area contributed by atoms with E-state index in [1.165, 1.54) is 5.56 Å². The zero-order valence-electron chi connectivity index (χ0n) is 17.4. The molecule has 1 saturated carbocycles. The SMILES string of the molecule is COc1ccc([C@@]23CC[C@H](OC(=O)c4ccccc4)C[C@@H]2N(C)CC3)cc1OC. The predicted octanol–water partition coefficient (Wildman–Crippen LogP) is 4.06. The van der Waals surface area contributed by atoms with Crippen molar-refractivity contribution in [2.45, 2.75) is 43.2 Å². The molecule has 2 fully saturated rings. The van der Waals surface area contributed by atoms with Crippen molar-refractivity contribution in [2.24, 2.45) is 0 Å². The van der Waals surface area contributed by atoms with Gasteiger partial charge in [-0.2, -0.15) is 0 Å². The van der Waals surface area contributed by atoms with Gasteiger partial charge in [0.2, 0.25) is 0 Å². The molecule has 29 heavy (non-hydrogen) atoms. The number of fused-ring (bicyclic) bond motifs is 1. The van der Waals surface area contributed by atoms with Crippen LogP contribution in [0.15, 0.2) is 48.5 Å². The van der Waals surface area contributed by atoms with Gasteiger partial charge in [-0.3, -0.25) is 0 Å².